The second kappa shape index (κ2) is 2.64. The van der Waals surface area contributed by atoms with E-state index in [1.807, 2.05) is 25.0 Å². The lowest BCUT2D eigenvalue weighted by atomic mass is 10.5. The minimum Gasteiger partial charge on any atom is -0.870 e. The van der Waals surface area contributed by atoms with E-state index in [0.717, 1.165) is 0 Å². The van der Waals surface area contributed by atoms with E-state index in [-0.39, 0.29) is 5.48 Å². The molecule has 0 fully saturated rings. The third-order valence-corrected chi connectivity index (χ3v) is 1.30. The minimum absolute atomic E-state index is 0. The number of imidazole rings is 1. The average Bonchev–Trinajstić information content (AvgIpc) is 1.85. The third-order valence-electron chi connectivity index (χ3n) is 1.30. The van der Waals surface area contributed by atoms with Crippen LogP contribution >= 0.6 is 0 Å². The summed E-state index contributed by atoms with van der Waals surface area (Å²) >= 11 is 0. The van der Waals surface area contributed by atoms with Gasteiger partial charge in [0.1, 0.15) is 11.9 Å². The van der Waals surface area contributed by atoms with E-state index in [1.54, 1.807) is 0 Å². The van der Waals surface area contributed by atoms with Gasteiger partial charge in [-0.05, 0) is 0 Å². The molecule has 0 aromatic carbocycles. The Kier molecular flexibility index (Phi) is 2.40. The monoisotopic (exact) mass is 128 g/mol. The van der Waals surface area contributed by atoms with Gasteiger partial charge in [-0.3, -0.25) is 0 Å². The minimum atomic E-state index is 0. The molecule has 3 heteroatoms. The standard InChI is InChI=1S/C6H11N2.H2O/c1-6-4-7(2)5-8(6)3;/h4-5H,1-3H3;1H2/q+1;/p-1. The molecule has 0 aliphatic carbocycles. The summed E-state index contributed by atoms with van der Waals surface area (Å²) in [4.78, 5) is 0. The molecule has 0 unspecified atom stereocenters. The molecule has 0 aliphatic heterocycles. The van der Waals surface area contributed by atoms with Gasteiger partial charge in [0.15, 0.2) is 0 Å². The summed E-state index contributed by atoms with van der Waals surface area (Å²) in [6, 6.07) is 0. The average molecular weight is 128 g/mol. The van der Waals surface area contributed by atoms with Crippen molar-refractivity contribution in [3.8, 4) is 0 Å². The summed E-state index contributed by atoms with van der Waals surface area (Å²) in [6.07, 6.45) is 4.12. The first-order chi connectivity index (χ1) is 3.70. The van der Waals surface area contributed by atoms with Gasteiger partial charge in [0.2, 0.25) is 6.33 Å². The van der Waals surface area contributed by atoms with Gasteiger partial charge in [0, 0.05) is 6.92 Å². The summed E-state index contributed by atoms with van der Waals surface area (Å²) in [5.41, 5.74) is 1.28. The van der Waals surface area contributed by atoms with Crippen molar-refractivity contribution in [1.29, 1.82) is 0 Å². The normalized spacial score (nSPS) is 8.78. The Morgan fingerprint density at radius 3 is 2.22 bits per heavy atom. The lowest BCUT2D eigenvalue weighted by molar-refractivity contribution is -0.676. The Balaban J connectivity index is 0.000000640. The fourth-order valence-electron chi connectivity index (χ4n) is 0.783. The van der Waals surface area contributed by atoms with Crippen molar-refractivity contribution in [1.82, 2.24) is 4.57 Å². The van der Waals surface area contributed by atoms with Crippen LogP contribution in [0.15, 0.2) is 12.5 Å². The number of aryl methyl sites for hydroxylation is 3. The fraction of sp³-hybridized carbons (Fsp3) is 0.500. The summed E-state index contributed by atoms with van der Waals surface area (Å²) in [5, 5.41) is 0. The van der Waals surface area contributed by atoms with Crippen LogP contribution in [-0.2, 0) is 14.1 Å². The first-order valence-electron chi connectivity index (χ1n) is 2.68. The molecule has 0 saturated heterocycles. The molecular formula is C6H12N2O. The molecule has 9 heavy (non-hydrogen) atoms. The molecule has 0 saturated carbocycles. The van der Waals surface area contributed by atoms with E-state index < -0.39 is 0 Å². The maximum atomic E-state index is 2.08. The van der Waals surface area contributed by atoms with Crippen molar-refractivity contribution >= 4 is 0 Å². The van der Waals surface area contributed by atoms with Crippen molar-refractivity contribution in [2.45, 2.75) is 6.92 Å². The molecule has 0 bridgehead atoms. The second-order valence-electron chi connectivity index (χ2n) is 2.16. The highest BCUT2D eigenvalue weighted by atomic mass is 16.0. The zero-order chi connectivity index (χ0) is 6.15. The van der Waals surface area contributed by atoms with Crippen molar-refractivity contribution in [3.05, 3.63) is 18.2 Å². The number of nitrogens with zero attached hydrogens (tertiary/aromatic N) is 2. The Morgan fingerprint density at radius 1 is 1.56 bits per heavy atom. The molecule has 3 nitrogen and oxygen atoms in total. The highest BCUT2D eigenvalue weighted by Gasteiger charge is 1.98. The molecule has 1 heterocycles. The van der Waals surface area contributed by atoms with E-state index in [1.165, 1.54) is 5.69 Å². The number of hydrogen-bond acceptors (Lipinski definition) is 1. The molecule has 1 rings (SSSR count). The van der Waals surface area contributed by atoms with Crippen LogP contribution in [0.4, 0.5) is 0 Å². The topological polar surface area (TPSA) is 38.8 Å². The zero-order valence-electron chi connectivity index (χ0n) is 6.00. The van der Waals surface area contributed by atoms with E-state index in [2.05, 4.69) is 17.7 Å². The molecule has 1 aromatic rings. The van der Waals surface area contributed by atoms with E-state index in [9.17, 15) is 0 Å². The number of rotatable bonds is 0. The third kappa shape index (κ3) is 1.54. The van der Waals surface area contributed by atoms with Crippen LogP contribution in [0.3, 0.4) is 0 Å². The van der Waals surface area contributed by atoms with Crippen LogP contribution in [0.5, 0.6) is 0 Å². The molecule has 0 aliphatic rings. The lowest BCUT2D eigenvalue weighted by Gasteiger charge is -1.78. The summed E-state index contributed by atoms with van der Waals surface area (Å²) < 4.78 is 4.12. The molecule has 0 radical (unpaired) electrons. The van der Waals surface area contributed by atoms with E-state index >= 15 is 0 Å². The van der Waals surface area contributed by atoms with Gasteiger partial charge < -0.3 is 5.48 Å². The van der Waals surface area contributed by atoms with Crippen LogP contribution in [-0.4, -0.2) is 10.0 Å². The van der Waals surface area contributed by atoms with Gasteiger partial charge in [-0.25, -0.2) is 9.13 Å². The van der Waals surface area contributed by atoms with Gasteiger partial charge >= 0.3 is 0 Å². The molecule has 1 N–H and O–H groups in total. The van der Waals surface area contributed by atoms with Crippen molar-refractivity contribution < 1.29 is 10.0 Å². The van der Waals surface area contributed by atoms with E-state index in [4.69, 9.17) is 0 Å². The lowest BCUT2D eigenvalue weighted by Crippen LogP contribution is -2.27. The summed E-state index contributed by atoms with van der Waals surface area (Å²) in [5.74, 6) is 0. The van der Waals surface area contributed by atoms with Gasteiger partial charge in [0.05, 0.1) is 14.1 Å². The largest absolute Gasteiger partial charge is 0.870 e. The molecule has 0 amide bonds. The zero-order valence-corrected chi connectivity index (χ0v) is 6.00. The fourth-order valence-corrected chi connectivity index (χ4v) is 0.783. The number of aromatic nitrogens is 2. The Morgan fingerprint density at radius 2 is 2.11 bits per heavy atom. The van der Waals surface area contributed by atoms with Crippen molar-refractivity contribution in [2.24, 2.45) is 14.1 Å². The quantitative estimate of drug-likeness (QED) is 0.452. The maximum Gasteiger partial charge on any atom is 0.243 e. The molecule has 0 atom stereocenters. The summed E-state index contributed by atoms with van der Waals surface area (Å²) in [6.45, 7) is 2.08. The van der Waals surface area contributed by atoms with Gasteiger partial charge in [-0.2, -0.15) is 0 Å². The SMILES string of the molecule is Cc1cn(C)c[n+]1C.[OH-]. The van der Waals surface area contributed by atoms with Crippen LogP contribution < -0.4 is 4.57 Å². The molecule has 1 aromatic heterocycles. The first-order valence-corrected chi connectivity index (χ1v) is 2.68. The Labute approximate surface area is 54.9 Å². The van der Waals surface area contributed by atoms with Gasteiger partial charge in [-0.15, -0.1) is 0 Å². The predicted molar refractivity (Wildman–Crippen MR) is 33.3 cm³/mol. The highest BCUT2D eigenvalue weighted by Crippen LogP contribution is 1.84. The Hall–Kier alpha value is -0.830. The van der Waals surface area contributed by atoms with Crippen LogP contribution in [0, 0.1) is 6.92 Å². The van der Waals surface area contributed by atoms with E-state index in [0.29, 0.717) is 0 Å². The van der Waals surface area contributed by atoms with Gasteiger partial charge in [-0.1, -0.05) is 0 Å². The molecule has 52 valence electrons. The summed E-state index contributed by atoms with van der Waals surface area (Å²) in [7, 11) is 4.06. The van der Waals surface area contributed by atoms with Crippen molar-refractivity contribution in [2.75, 3.05) is 0 Å². The van der Waals surface area contributed by atoms with Crippen LogP contribution in [0.1, 0.15) is 5.69 Å². The Bertz CT molecular complexity index is 173. The van der Waals surface area contributed by atoms with Crippen LogP contribution in [0.25, 0.3) is 0 Å². The highest BCUT2D eigenvalue weighted by molar-refractivity contribution is 4.81. The van der Waals surface area contributed by atoms with Crippen molar-refractivity contribution in [3.63, 3.8) is 0 Å². The smallest absolute Gasteiger partial charge is 0.243 e. The molecule has 0 spiro atoms. The maximum absolute atomic E-state index is 2.08. The first kappa shape index (κ1) is 8.17. The van der Waals surface area contributed by atoms with Gasteiger partial charge in [0.25, 0.3) is 0 Å². The second-order valence-corrected chi connectivity index (χ2v) is 2.16. The predicted octanol–water partition coefficient (Wildman–Crippen LogP) is -0.0188. The van der Waals surface area contributed by atoms with Crippen LogP contribution in [0.2, 0.25) is 0 Å². The number of hydrogen-bond donors (Lipinski definition) is 0. The molecular weight excluding hydrogens is 116 g/mol.